The zero-order valence-electron chi connectivity index (χ0n) is 22.9. The third-order valence-electron chi connectivity index (χ3n) is 6.64. The maximum Gasteiger partial charge on any atom is 0.295 e. The minimum Gasteiger partial charge on any atom is -0.507 e. The van der Waals surface area contributed by atoms with Crippen molar-refractivity contribution in [1.29, 1.82) is 0 Å². The molecule has 1 saturated heterocycles. The van der Waals surface area contributed by atoms with E-state index in [0.29, 0.717) is 48.2 Å². The predicted octanol–water partition coefficient (Wildman–Crippen LogP) is 5.30. The number of amides is 1. The number of carbonyl (C=O) groups excluding carboxylic acids is 2. The topological polar surface area (TPSA) is 94.5 Å². The van der Waals surface area contributed by atoms with Crippen LogP contribution in [0.25, 0.3) is 5.76 Å². The number of benzene rings is 3. The second-order valence-electron chi connectivity index (χ2n) is 9.01. The van der Waals surface area contributed by atoms with Crippen LogP contribution in [0, 0.1) is 5.82 Å². The molecule has 0 aromatic heterocycles. The largest absolute Gasteiger partial charge is 0.507 e. The number of hydrogen-bond donors (Lipinski definition) is 1. The fraction of sp³-hybridized carbons (Fsp3) is 0.290. The molecule has 3 aromatic rings. The van der Waals surface area contributed by atoms with E-state index in [1.807, 2.05) is 6.92 Å². The molecule has 0 bridgehead atoms. The van der Waals surface area contributed by atoms with Crippen LogP contribution in [0.1, 0.15) is 36.6 Å². The molecule has 1 heterocycles. The van der Waals surface area contributed by atoms with E-state index in [-0.39, 0.29) is 29.3 Å². The lowest BCUT2D eigenvalue weighted by Crippen LogP contribution is -2.31. The fourth-order valence-corrected chi connectivity index (χ4v) is 4.76. The molecule has 1 fully saturated rings. The fourth-order valence-electron chi connectivity index (χ4n) is 4.76. The molecule has 210 valence electrons. The van der Waals surface area contributed by atoms with Gasteiger partial charge in [0.15, 0.2) is 11.5 Å². The second kappa shape index (κ2) is 12.5. The lowest BCUT2D eigenvalue weighted by molar-refractivity contribution is -0.139. The number of carbonyl (C=O) groups is 2. The summed E-state index contributed by atoms with van der Waals surface area (Å²) in [6.45, 7) is 4.55. The van der Waals surface area contributed by atoms with Crippen molar-refractivity contribution in [3.8, 4) is 23.0 Å². The zero-order chi connectivity index (χ0) is 28.8. The van der Waals surface area contributed by atoms with Crippen LogP contribution in [0.2, 0.25) is 0 Å². The molecular weight excluding hydrogens is 517 g/mol. The van der Waals surface area contributed by atoms with Crippen LogP contribution in [0.3, 0.4) is 0 Å². The molecule has 1 aliphatic heterocycles. The molecule has 1 atom stereocenters. The van der Waals surface area contributed by atoms with Crippen molar-refractivity contribution in [1.82, 2.24) is 4.90 Å². The second-order valence-corrected chi connectivity index (χ2v) is 9.01. The van der Waals surface area contributed by atoms with Gasteiger partial charge in [0.05, 0.1) is 44.6 Å². The van der Waals surface area contributed by atoms with Crippen LogP contribution in [-0.4, -0.2) is 55.7 Å². The van der Waals surface area contributed by atoms with Gasteiger partial charge in [-0.05, 0) is 67.8 Å². The Bertz CT molecular complexity index is 1420. The Hall–Kier alpha value is -4.53. The molecule has 0 radical (unpaired) electrons. The molecular formula is C31H32FNO7. The van der Waals surface area contributed by atoms with Crippen molar-refractivity contribution in [2.24, 2.45) is 0 Å². The Balaban J connectivity index is 1.85. The first-order valence-electron chi connectivity index (χ1n) is 13.0. The number of ether oxygens (including phenoxy) is 4. The van der Waals surface area contributed by atoms with Crippen molar-refractivity contribution in [3.05, 3.63) is 88.7 Å². The van der Waals surface area contributed by atoms with Gasteiger partial charge in [0.1, 0.15) is 23.1 Å². The Morgan fingerprint density at radius 2 is 1.57 bits per heavy atom. The highest BCUT2D eigenvalue weighted by Crippen LogP contribution is 2.43. The summed E-state index contributed by atoms with van der Waals surface area (Å²) in [5, 5.41) is 11.6. The molecule has 9 heteroatoms. The molecule has 8 nitrogen and oxygen atoms in total. The van der Waals surface area contributed by atoms with E-state index < -0.39 is 17.7 Å². The minimum atomic E-state index is -0.929. The molecule has 1 amide bonds. The highest BCUT2D eigenvalue weighted by atomic mass is 19.1. The van der Waals surface area contributed by atoms with E-state index in [0.717, 1.165) is 5.56 Å². The number of ketones is 1. The van der Waals surface area contributed by atoms with Crippen molar-refractivity contribution in [2.75, 3.05) is 34.0 Å². The van der Waals surface area contributed by atoms with Gasteiger partial charge in [-0.25, -0.2) is 4.39 Å². The van der Waals surface area contributed by atoms with Crippen LogP contribution in [-0.2, 0) is 16.0 Å². The summed E-state index contributed by atoms with van der Waals surface area (Å²) >= 11 is 0. The van der Waals surface area contributed by atoms with Gasteiger partial charge in [0.2, 0.25) is 0 Å². The highest BCUT2D eigenvalue weighted by molar-refractivity contribution is 6.46. The number of nitrogens with zero attached hydrogens (tertiary/aromatic N) is 1. The Labute approximate surface area is 232 Å². The van der Waals surface area contributed by atoms with Gasteiger partial charge in [-0.1, -0.05) is 18.2 Å². The average Bonchev–Trinajstić information content (AvgIpc) is 3.21. The number of likely N-dealkylation sites (tertiary alicyclic amines) is 1. The highest BCUT2D eigenvalue weighted by Gasteiger charge is 2.46. The van der Waals surface area contributed by atoms with Gasteiger partial charge in [-0.3, -0.25) is 9.59 Å². The predicted molar refractivity (Wildman–Crippen MR) is 147 cm³/mol. The standard InChI is InChI=1S/C31H32FNO7/c1-5-39-22-12-13-23(25(18-22)40-6-2)29(34)27-28(20-9-14-24(37-3)26(17-20)38-4)33(31(36)30(27)35)16-15-19-7-10-21(32)11-8-19/h7-14,17-18,28,34H,5-6,15-16H2,1-4H3/b29-27+. The normalized spacial score (nSPS) is 16.2. The smallest absolute Gasteiger partial charge is 0.295 e. The van der Waals surface area contributed by atoms with Crippen LogP contribution in [0.4, 0.5) is 4.39 Å². The third-order valence-corrected chi connectivity index (χ3v) is 6.64. The van der Waals surface area contributed by atoms with Crippen molar-refractivity contribution in [2.45, 2.75) is 26.3 Å². The van der Waals surface area contributed by atoms with Crippen LogP contribution >= 0.6 is 0 Å². The number of hydrogen-bond acceptors (Lipinski definition) is 7. The Morgan fingerprint density at radius 1 is 0.875 bits per heavy atom. The van der Waals surface area contributed by atoms with Gasteiger partial charge >= 0.3 is 0 Å². The molecule has 4 rings (SSSR count). The van der Waals surface area contributed by atoms with E-state index in [1.54, 1.807) is 55.5 Å². The Morgan fingerprint density at radius 3 is 2.23 bits per heavy atom. The maximum absolute atomic E-state index is 13.5. The number of aliphatic hydroxyl groups excluding tert-OH is 1. The molecule has 0 saturated carbocycles. The first kappa shape index (κ1) is 28.5. The van der Waals surface area contributed by atoms with E-state index in [2.05, 4.69) is 0 Å². The maximum atomic E-state index is 13.5. The van der Waals surface area contributed by atoms with Gasteiger partial charge in [-0.15, -0.1) is 0 Å². The van der Waals surface area contributed by atoms with Gasteiger partial charge in [-0.2, -0.15) is 0 Å². The quantitative estimate of drug-likeness (QED) is 0.197. The lowest BCUT2D eigenvalue weighted by Gasteiger charge is -2.26. The monoisotopic (exact) mass is 549 g/mol. The van der Waals surface area contributed by atoms with Crippen LogP contribution in [0.5, 0.6) is 23.0 Å². The summed E-state index contributed by atoms with van der Waals surface area (Å²) in [5.41, 5.74) is 1.51. The molecule has 1 aliphatic rings. The molecule has 0 aliphatic carbocycles. The lowest BCUT2D eigenvalue weighted by atomic mass is 9.94. The summed E-state index contributed by atoms with van der Waals surface area (Å²) in [5.74, 6) is -0.586. The molecule has 0 spiro atoms. The molecule has 1 unspecified atom stereocenters. The van der Waals surface area contributed by atoms with Crippen molar-refractivity contribution in [3.63, 3.8) is 0 Å². The van der Waals surface area contributed by atoms with Gasteiger partial charge in [0, 0.05) is 12.6 Å². The van der Waals surface area contributed by atoms with E-state index in [9.17, 15) is 19.1 Å². The minimum absolute atomic E-state index is 0.0820. The Kier molecular flexibility index (Phi) is 8.93. The van der Waals surface area contributed by atoms with Crippen LogP contribution < -0.4 is 18.9 Å². The molecule has 1 N–H and O–H groups in total. The summed E-state index contributed by atoms with van der Waals surface area (Å²) in [6, 6.07) is 15.0. The summed E-state index contributed by atoms with van der Waals surface area (Å²) in [4.78, 5) is 28.3. The average molecular weight is 550 g/mol. The zero-order valence-corrected chi connectivity index (χ0v) is 22.9. The van der Waals surface area contributed by atoms with Gasteiger partial charge in [0.25, 0.3) is 11.7 Å². The molecule has 3 aromatic carbocycles. The first-order valence-corrected chi connectivity index (χ1v) is 13.0. The summed E-state index contributed by atoms with van der Waals surface area (Å²) < 4.78 is 35.6. The number of methoxy groups -OCH3 is 2. The number of rotatable bonds is 11. The van der Waals surface area contributed by atoms with E-state index in [4.69, 9.17) is 18.9 Å². The first-order chi connectivity index (χ1) is 19.3. The summed E-state index contributed by atoms with van der Waals surface area (Å²) in [7, 11) is 2.99. The number of aliphatic hydroxyl groups is 1. The van der Waals surface area contributed by atoms with Crippen molar-refractivity contribution < 1.29 is 38.0 Å². The van der Waals surface area contributed by atoms with Crippen LogP contribution in [0.15, 0.2) is 66.2 Å². The summed E-state index contributed by atoms with van der Waals surface area (Å²) in [6.07, 6.45) is 0.365. The van der Waals surface area contributed by atoms with E-state index >= 15 is 0 Å². The number of halogens is 1. The number of Topliss-reactive ketones (excluding diaryl/α,β-unsaturated/α-hetero) is 1. The van der Waals surface area contributed by atoms with Crippen molar-refractivity contribution >= 4 is 17.4 Å². The van der Waals surface area contributed by atoms with Gasteiger partial charge < -0.3 is 29.0 Å². The molecule has 40 heavy (non-hydrogen) atoms. The SMILES string of the molecule is CCOc1ccc(/C(O)=C2\C(=O)C(=O)N(CCc3ccc(F)cc3)C2c2ccc(OC)c(OC)c2)c(OCC)c1. The van der Waals surface area contributed by atoms with E-state index in [1.165, 1.54) is 31.3 Å². The third kappa shape index (κ3) is 5.73.